The van der Waals surface area contributed by atoms with Crippen molar-refractivity contribution in [2.75, 3.05) is 5.32 Å². The molecule has 0 amide bonds. The minimum atomic E-state index is -0.661. The number of fused-ring (bicyclic) bond motifs is 1. The summed E-state index contributed by atoms with van der Waals surface area (Å²) >= 11 is 18.3. The van der Waals surface area contributed by atoms with Crippen LogP contribution < -0.4 is 10.7 Å². The monoisotopic (exact) mass is 439 g/mol. The molecule has 0 bridgehead atoms. The lowest BCUT2D eigenvalue weighted by Crippen LogP contribution is -2.19. The number of nitrogens with one attached hydrogen (secondary N) is 2. The van der Waals surface area contributed by atoms with Crippen LogP contribution in [-0.4, -0.2) is 15.7 Å². The number of benzene rings is 2. The number of aromatic amines is 1. The van der Waals surface area contributed by atoms with E-state index < -0.39 is 16.1 Å². The number of carbonyl (C=O) groups is 1. The fourth-order valence-electron chi connectivity index (χ4n) is 2.78. The van der Waals surface area contributed by atoms with Crippen molar-refractivity contribution in [3.63, 3.8) is 0 Å². The fraction of sp³-hybridized carbons (Fsp3) is 0.111. The van der Waals surface area contributed by atoms with E-state index in [1.165, 1.54) is 6.92 Å². The van der Waals surface area contributed by atoms with E-state index in [2.05, 4.69) is 10.3 Å². The van der Waals surface area contributed by atoms with Crippen LogP contribution in [0.4, 0.5) is 11.5 Å². The van der Waals surface area contributed by atoms with Gasteiger partial charge >= 0.3 is 0 Å². The second kappa shape index (κ2) is 7.79. The molecule has 3 rings (SSSR count). The smallest absolute Gasteiger partial charge is 0.271 e. The molecule has 0 atom stereocenters. The van der Waals surface area contributed by atoms with Crippen LogP contribution in [-0.2, 0) is 6.54 Å². The number of ketones is 1. The molecule has 3 aromatic rings. The van der Waals surface area contributed by atoms with E-state index in [9.17, 15) is 19.7 Å². The summed E-state index contributed by atoms with van der Waals surface area (Å²) < 4.78 is 0. The maximum Gasteiger partial charge on any atom is 0.271 e. The van der Waals surface area contributed by atoms with Crippen molar-refractivity contribution in [2.45, 2.75) is 13.5 Å². The fourth-order valence-corrected chi connectivity index (χ4v) is 3.42. The number of hydrogen-bond acceptors (Lipinski definition) is 5. The molecule has 2 N–H and O–H groups in total. The maximum absolute atomic E-state index is 12.8. The van der Waals surface area contributed by atoms with Crippen LogP contribution in [0, 0.1) is 10.1 Å². The van der Waals surface area contributed by atoms with Gasteiger partial charge < -0.3 is 10.3 Å². The van der Waals surface area contributed by atoms with Crippen molar-refractivity contribution in [1.82, 2.24) is 4.98 Å². The van der Waals surface area contributed by atoms with Crippen LogP contribution in [0.3, 0.4) is 0 Å². The lowest BCUT2D eigenvalue weighted by atomic mass is 10.1. The molecular weight excluding hydrogens is 429 g/mol. The Bertz CT molecular complexity index is 1190. The van der Waals surface area contributed by atoms with Crippen molar-refractivity contribution < 1.29 is 9.72 Å². The third-order valence-electron chi connectivity index (χ3n) is 4.10. The van der Waals surface area contributed by atoms with Gasteiger partial charge in [-0.3, -0.25) is 19.7 Å². The molecule has 0 fully saturated rings. The van der Waals surface area contributed by atoms with E-state index >= 15 is 0 Å². The average Bonchev–Trinajstić information content (AvgIpc) is 2.63. The third-order valence-corrected chi connectivity index (χ3v) is 5.25. The zero-order valence-corrected chi connectivity index (χ0v) is 16.6. The number of H-pyrrole nitrogens is 1. The van der Waals surface area contributed by atoms with Gasteiger partial charge in [0.15, 0.2) is 5.78 Å². The Morgan fingerprint density at radius 3 is 2.57 bits per heavy atom. The van der Waals surface area contributed by atoms with E-state index in [1.54, 1.807) is 18.2 Å². The summed E-state index contributed by atoms with van der Waals surface area (Å²) in [6.07, 6.45) is 0. The van der Waals surface area contributed by atoms with Crippen LogP contribution in [0.5, 0.6) is 0 Å². The first-order valence-electron chi connectivity index (χ1n) is 7.92. The largest absolute Gasteiger partial charge is 0.367 e. The average molecular weight is 441 g/mol. The minimum Gasteiger partial charge on any atom is -0.367 e. The topological polar surface area (TPSA) is 105 Å². The number of rotatable bonds is 5. The standard InChI is InChI=1S/C18H12Cl3N3O4/c1-8(25)14-17(26)11-5-10(24(27)28)6-13(20)16(11)23-18(14)22-7-9-3-2-4-12(19)15(9)21/h2-6H,7H2,1H3,(H2,22,23,26). The van der Waals surface area contributed by atoms with Gasteiger partial charge in [0.05, 0.1) is 30.9 Å². The van der Waals surface area contributed by atoms with E-state index in [1.807, 2.05) is 0 Å². The van der Waals surface area contributed by atoms with Gasteiger partial charge in [-0.2, -0.15) is 0 Å². The molecule has 0 aliphatic rings. The summed E-state index contributed by atoms with van der Waals surface area (Å²) in [6.45, 7) is 1.40. The normalized spacial score (nSPS) is 10.9. The molecule has 28 heavy (non-hydrogen) atoms. The molecule has 1 heterocycles. The van der Waals surface area contributed by atoms with Gasteiger partial charge in [-0.25, -0.2) is 0 Å². The third kappa shape index (κ3) is 3.69. The van der Waals surface area contributed by atoms with Crippen LogP contribution >= 0.6 is 34.8 Å². The number of hydrogen-bond donors (Lipinski definition) is 2. The molecular formula is C18H12Cl3N3O4. The Labute approximate surface area is 173 Å². The van der Waals surface area contributed by atoms with Gasteiger partial charge in [0, 0.05) is 18.7 Å². The zero-order valence-electron chi connectivity index (χ0n) is 14.3. The number of nitro groups is 1. The van der Waals surface area contributed by atoms with Crippen LogP contribution in [0.2, 0.25) is 15.1 Å². The number of nitro benzene ring substituents is 1. The quantitative estimate of drug-likeness (QED) is 0.322. The Kier molecular flexibility index (Phi) is 5.60. The van der Waals surface area contributed by atoms with Crippen molar-refractivity contribution in [1.29, 1.82) is 0 Å². The Balaban J connectivity index is 2.15. The van der Waals surface area contributed by atoms with Gasteiger partial charge in [-0.05, 0) is 18.6 Å². The number of anilines is 1. The summed E-state index contributed by atoms with van der Waals surface area (Å²) in [4.78, 5) is 38.2. The van der Waals surface area contributed by atoms with E-state index in [-0.39, 0.29) is 39.5 Å². The molecule has 0 aliphatic heterocycles. The zero-order chi connectivity index (χ0) is 20.6. The Hall–Kier alpha value is -2.61. The van der Waals surface area contributed by atoms with Gasteiger partial charge in [-0.15, -0.1) is 0 Å². The predicted molar refractivity (Wildman–Crippen MR) is 110 cm³/mol. The summed E-state index contributed by atoms with van der Waals surface area (Å²) in [6, 6.07) is 7.31. The van der Waals surface area contributed by atoms with Crippen LogP contribution in [0.25, 0.3) is 10.9 Å². The first kappa shape index (κ1) is 20.1. The summed E-state index contributed by atoms with van der Waals surface area (Å²) in [5.41, 5.74) is -0.334. The van der Waals surface area contributed by atoms with Gasteiger partial charge in [0.1, 0.15) is 11.4 Å². The van der Waals surface area contributed by atoms with E-state index in [0.717, 1.165) is 12.1 Å². The van der Waals surface area contributed by atoms with Crippen molar-refractivity contribution in [3.8, 4) is 0 Å². The van der Waals surface area contributed by atoms with Gasteiger partial charge in [0.25, 0.3) is 5.69 Å². The molecule has 0 saturated heterocycles. The number of halogens is 3. The number of Topliss-reactive ketones (excluding diaryl/α,β-unsaturated/α-hetero) is 1. The number of nitrogens with zero attached hydrogens (tertiary/aromatic N) is 1. The first-order chi connectivity index (χ1) is 13.2. The van der Waals surface area contributed by atoms with E-state index in [0.29, 0.717) is 15.6 Å². The highest BCUT2D eigenvalue weighted by Gasteiger charge is 2.20. The predicted octanol–water partition coefficient (Wildman–Crippen LogP) is 5.21. The number of non-ortho nitro benzene ring substituents is 1. The molecule has 0 aliphatic carbocycles. The lowest BCUT2D eigenvalue weighted by Gasteiger charge is -2.13. The molecule has 144 valence electrons. The molecule has 7 nitrogen and oxygen atoms in total. The number of carbonyl (C=O) groups excluding carboxylic acids is 1. The lowest BCUT2D eigenvalue weighted by molar-refractivity contribution is -0.384. The maximum atomic E-state index is 12.8. The second-order valence-electron chi connectivity index (χ2n) is 5.93. The van der Waals surface area contributed by atoms with Gasteiger partial charge in [-0.1, -0.05) is 46.9 Å². The first-order valence-corrected chi connectivity index (χ1v) is 9.05. The highest BCUT2D eigenvalue weighted by molar-refractivity contribution is 6.42. The molecule has 1 aromatic heterocycles. The minimum absolute atomic E-state index is 0.0137. The Morgan fingerprint density at radius 2 is 1.93 bits per heavy atom. The number of aromatic nitrogens is 1. The highest BCUT2D eigenvalue weighted by atomic mass is 35.5. The van der Waals surface area contributed by atoms with E-state index in [4.69, 9.17) is 34.8 Å². The number of pyridine rings is 1. The molecule has 0 radical (unpaired) electrons. The van der Waals surface area contributed by atoms with Crippen LogP contribution in [0.1, 0.15) is 22.8 Å². The SMILES string of the molecule is CC(=O)c1c(NCc2cccc(Cl)c2Cl)[nH]c2c(Cl)cc([N+](=O)[O-])cc2c1=O. The van der Waals surface area contributed by atoms with Crippen molar-refractivity contribution >= 4 is 63.0 Å². The van der Waals surface area contributed by atoms with Crippen LogP contribution in [0.15, 0.2) is 35.1 Å². The van der Waals surface area contributed by atoms with Crippen molar-refractivity contribution in [3.05, 3.63) is 76.9 Å². The summed E-state index contributed by atoms with van der Waals surface area (Å²) in [5, 5.41) is 14.7. The molecule has 0 unspecified atom stereocenters. The molecule has 0 saturated carbocycles. The second-order valence-corrected chi connectivity index (χ2v) is 7.13. The Morgan fingerprint density at radius 1 is 1.21 bits per heavy atom. The summed E-state index contributed by atoms with van der Waals surface area (Å²) in [7, 11) is 0. The van der Waals surface area contributed by atoms with Gasteiger partial charge in [0.2, 0.25) is 5.43 Å². The molecule has 10 heteroatoms. The summed E-state index contributed by atoms with van der Waals surface area (Å²) in [5.74, 6) is -0.373. The highest BCUT2D eigenvalue weighted by Crippen LogP contribution is 2.29. The molecule has 0 spiro atoms. The molecule has 2 aromatic carbocycles. The van der Waals surface area contributed by atoms with Crippen molar-refractivity contribution in [2.24, 2.45) is 0 Å².